The van der Waals surface area contributed by atoms with Crippen LogP contribution in [-0.4, -0.2) is 4.98 Å². The molecule has 0 saturated heterocycles. The van der Waals surface area contributed by atoms with E-state index in [1.165, 1.54) is 17.0 Å². The predicted octanol–water partition coefficient (Wildman–Crippen LogP) is 4.22. The highest BCUT2D eigenvalue weighted by Gasteiger charge is 2.07. The molecule has 0 saturated carbocycles. The third-order valence-corrected chi connectivity index (χ3v) is 3.72. The van der Waals surface area contributed by atoms with Crippen LogP contribution in [0.1, 0.15) is 24.1 Å². The van der Waals surface area contributed by atoms with E-state index in [0.717, 1.165) is 17.5 Å². The summed E-state index contributed by atoms with van der Waals surface area (Å²) in [6.45, 7) is 2.78. The normalized spacial score (nSPS) is 12.5. The van der Waals surface area contributed by atoms with Gasteiger partial charge in [0.05, 0.1) is 0 Å². The Morgan fingerprint density at radius 2 is 2.00 bits per heavy atom. The van der Waals surface area contributed by atoms with Crippen LogP contribution in [0.25, 0.3) is 10.8 Å². The molecule has 3 rings (SSSR count). The highest BCUT2D eigenvalue weighted by Crippen LogP contribution is 2.19. The topological polar surface area (TPSA) is 24.9 Å². The van der Waals surface area contributed by atoms with Crippen LogP contribution in [0.5, 0.6) is 0 Å². The first-order chi connectivity index (χ1) is 10.2. The number of nitrogens with one attached hydrogen (secondary N) is 1. The van der Waals surface area contributed by atoms with Crippen molar-refractivity contribution in [2.75, 3.05) is 0 Å². The Bertz CT molecular complexity index is 750. The lowest BCUT2D eigenvalue weighted by atomic mass is 10.0. The molecule has 0 amide bonds. The van der Waals surface area contributed by atoms with Crippen molar-refractivity contribution in [3.8, 4) is 0 Å². The van der Waals surface area contributed by atoms with Gasteiger partial charge in [0.15, 0.2) is 0 Å². The first kappa shape index (κ1) is 13.7. The zero-order valence-electron chi connectivity index (χ0n) is 11.9. The molecular formula is C18H17FN2. The average molecular weight is 280 g/mol. The summed E-state index contributed by atoms with van der Waals surface area (Å²) in [5, 5.41) is 5.78. The molecule has 2 aromatic carbocycles. The minimum Gasteiger partial charge on any atom is -0.306 e. The first-order valence-corrected chi connectivity index (χ1v) is 7.04. The SMILES string of the molecule is C[C@H](NCc1cccc2cnccc12)c1cccc(F)c1. The number of rotatable bonds is 4. The molecule has 2 nitrogen and oxygen atoms in total. The molecule has 0 aliphatic carbocycles. The molecule has 3 aromatic rings. The number of benzene rings is 2. The first-order valence-electron chi connectivity index (χ1n) is 7.04. The lowest BCUT2D eigenvalue weighted by Gasteiger charge is -2.15. The largest absolute Gasteiger partial charge is 0.306 e. The summed E-state index contributed by atoms with van der Waals surface area (Å²) >= 11 is 0. The Morgan fingerprint density at radius 3 is 2.86 bits per heavy atom. The van der Waals surface area contributed by atoms with Gasteiger partial charge in [-0.1, -0.05) is 30.3 Å². The number of aromatic nitrogens is 1. The molecular weight excluding hydrogens is 263 g/mol. The zero-order valence-corrected chi connectivity index (χ0v) is 11.9. The van der Waals surface area contributed by atoms with Crippen molar-refractivity contribution < 1.29 is 4.39 Å². The molecule has 0 radical (unpaired) electrons. The minimum atomic E-state index is -0.197. The van der Waals surface area contributed by atoms with Gasteiger partial charge in [-0.15, -0.1) is 0 Å². The van der Waals surface area contributed by atoms with Crippen molar-refractivity contribution in [1.82, 2.24) is 10.3 Å². The molecule has 3 heteroatoms. The molecule has 0 aliphatic heterocycles. The van der Waals surface area contributed by atoms with E-state index in [1.54, 1.807) is 12.1 Å². The summed E-state index contributed by atoms with van der Waals surface area (Å²) < 4.78 is 13.3. The molecule has 0 aliphatic rings. The van der Waals surface area contributed by atoms with Gasteiger partial charge in [0.1, 0.15) is 5.82 Å². The zero-order chi connectivity index (χ0) is 14.7. The molecule has 0 unspecified atom stereocenters. The number of hydrogen-bond donors (Lipinski definition) is 1. The fraction of sp³-hybridized carbons (Fsp3) is 0.167. The fourth-order valence-corrected chi connectivity index (χ4v) is 2.50. The predicted molar refractivity (Wildman–Crippen MR) is 83.4 cm³/mol. The van der Waals surface area contributed by atoms with E-state index in [1.807, 2.05) is 37.5 Å². The van der Waals surface area contributed by atoms with E-state index >= 15 is 0 Å². The van der Waals surface area contributed by atoms with E-state index in [4.69, 9.17) is 0 Å². The van der Waals surface area contributed by atoms with E-state index in [0.29, 0.717) is 0 Å². The van der Waals surface area contributed by atoms with Gasteiger partial charge in [0.25, 0.3) is 0 Å². The molecule has 1 N–H and O–H groups in total. The lowest BCUT2D eigenvalue weighted by Crippen LogP contribution is -2.18. The number of nitrogens with zero attached hydrogens (tertiary/aromatic N) is 1. The number of hydrogen-bond acceptors (Lipinski definition) is 2. The molecule has 0 spiro atoms. The highest BCUT2D eigenvalue weighted by atomic mass is 19.1. The second kappa shape index (κ2) is 6.02. The van der Waals surface area contributed by atoms with Gasteiger partial charge in [-0.3, -0.25) is 4.98 Å². The second-order valence-corrected chi connectivity index (χ2v) is 5.17. The van der Waals surface area contributed by atoms with E-state index in [9.17, 15) is 4.39 Å². The van der Waals surface area contributed by atoms with E-state index in [2.05, 4.69) is 22.4 Å². The van der Waals surface area contributed by atoms with Gasteiger partial charge < -0.3 is 5.32 Å². The van der Waals surface area contributed by atoms with Gasteiger partial charge in [0.2, 0.25) is 0 Å². The standard InChI is InChI=1S/C18H17FN2/c1-13(14-4-3-7-17(19)10-14)21-12-16-6-2-5-15-11-20-9-8-18(15)16/h2-11,13,21H,12H2,1H3/t13-/m0/s1. The molecule has 0 bridgehead atoms. The van der Waals surface area contributed by atoms with E-state index in [-0.39, 0.29) is 11.9 Å². The van der Waals surface area contributed by atoms with Crippen molar-refractivity contribution in [3.05, 3.63) is 77.9 Å². The third-order valence-electron chi connectivity index (χ3n) is 3.72. The van der Waals surface area contributed by atoms with Gasteiger partial charge in [-0.25, -0.2) is 4.39 Å². The van der Waals surface area contributed by atoms with Crippen molar-refractivity contribution in [2.45, 2.75) is 19.5 Å². The molecule has 1 aromatic heterocycles. The quantitative estimate of drug-likeness (QED) is 0.773. The number of fused-ring (bicyclic) bond motifs is 1. The van der Waals surface area contributed by atoms with Crippen molar-refractivity contribution >= 4 is 10.8 Å². The van der Waals surface area contributed by atoms with Gasteiger partial charge in [0, 0.05) is 30.4 Å². The summed E-state index contributed by atoms with van der Waals surface area (Å²) in [5.74, 6) is -0.197. The van der Waals surface area contributed by atoms with Crippen LogP contribution >= 0.6 is 0 Å². The maximum Gasteiger partial charge on any atom is 0.123 e. The molecule has 1 heterocycles. The van der Waals surface area contributed by atoms with Gasteiger partial charge in [-0.2, -0.15) is 0 Å². The van der Waals surface area contributed by atoms with Gasteiger partial charge in [-0.05, 0) is 41.6 Å². The van der Waals surface area contributed by atoms with Crippen LogP contribution in [0.3, 0.4) is 0 Å². The Morgan fingerprint density at radius 1 is 1.14 bits per heavy atom. The van der Waals surface area contributed by atoms with Crippen LogP contribution in [0, 0.1) is 5.82 Å². The Kier molecular flexibility index (Phi) is 3.93. The third kappa shape index (κ3) is 3.09. The lowest BCUT2D eigenvalue weighted by molar-refractivity contribution is 0.566. The smallest absolute Gasteiger partial charge is 0.123 e. The Hall–Kier alpha value is -2.26. The molecule has 1 atom stereocenters. The van der Waals surface area contributed by atoms with Crippen molar-refractivity contribution in [2.24, 2.45) is 0 Å². The fourth-order valence-electron chi connectivity index (χ4n) is 2.50. The Balaban J connectivity index is 1.77. The summed E-state index contributed by atoms with van der Waals surface area (Å²) in [7, 11) is 0. The Labute approximate surface area is 123 Å². The van der Waals surface area contributed by atoms with Crippen LogP contribution in [-0.2, 0) is 6.54 Å². The molecule has 21 heavy (non-hydrogen) atoms. The van der Waals surface area contributed by atoms with Crippen molar-refractivity contribution in [3.63, 3.8) is 0 Å². The molecule has 106 valence electrons. The molecule has 0 fully saturated rings. The monoisotopic (exact) mass is 280 g/mol. The van der Waals surface area contributed by atoms with Crippen molar-refractivity contribution in [1.29, 1.82) is 0 Å². The van der Waals surface area contributed by atoms with Gasteiger partial charge >= 0.3 is 0 Å². The summed E-state index contributed by atoms with van der Waals surface area (Å²) in [6.07, 6.45) is 3.68. The summed E-state index contributed by atoms with van der Waals surface area (Å²) in [5.41, 5.74) is 2.18. The minimum absolute atomic E-state index is 0.0952. The second-order valence-electron chi connectivity index (χ2n) is 5.17. The maximum absolute atomic E-state index is 13.3. The highest BCUT2D eigenvalue weighted by molar-refractivity contribution is 5.84. The maximum atomic E-state index is 13.3. The summed E-state index contributed by atoms with van der Waals surface area (Å²) in [4.78, 5) is 4.14. The van der Waals surface area contributed by atoms with Crippen LogP contribution in [0.2, 0.25) is 0 Å². The van der Waals surface area contributed by atoms with Crippen LogP contribution in [0.4, 0.5) is 4.39 Å². The van der Waals surface area contributed by atoms with Crippen LogP contribution < -0.4 is 5.32 Å². The number of halogens is 1. The van der Waals surface area contributed by atoms with Crippen LogP contribution in [0.15, 0.2) is 60.9 Å². The number of pyridine rings is 1. The summed E-state index contributed by atoms with van der Waals surface area (Å²) in [6, 6.07) is 15.0. The average Bonchev–Trinajstić information content (AvgIpc) is 2.52. The van der Waals surface area contributed by atoms with E-state index < -0.39 is 0 Å².